The highest BCUT2D eigenvalue weighted by molar-refractivity contribution is 7.10. The van der Waals surface area contributed by atoms with Crippen LogP contribution in [0.3, 0.4) is 0 Å². The van der Waals surface area contributed by atoms with Crippen molar-refractivity contribution < 1.29 is 14.6 Å². The highest BCUT2D eigenvalue weighted by Crippen LogP contribution is 2.34. The average molecular weight is 445 g/mol. The molecule has 0 radical (unpaired) electrons. The maximum atomic E-state index is 13.4. The summed E-state index contributed by atoms with van der Waals surface area (Å²) < 4.78 is 6.23. The number of thiophene rings is 1. The number of hydrogen-bond acceptors (Lipinski definition) is 5. The lowest BCUT2D eigenvalue weighted by atomic mass is 10.00. The molecule has 0 bridgehead atoms. The van der Waals surface area contributed by atoms with Crippen molar-refractivity contribution in [2.75, 3.05) is 32.8 Å². The fourth-order valence-corrected chi connectivity index (χ4v) is 5.19. The van der Waals surface area contributed by atoms with Crippen molar-refractivity contribution in [3.8, 4) is 5.75 Å². The first-order chi connectivity index (χ1) is 14.9. The van der Waals surface area contributed by atoms with E-state index in [1.54, 1.807) is 11.3 Å². The molecule has 1 aliphatic heterocycles. The number of fused-ring (bicyclic) bond motifs is 1. The topological polar surface area (TPSA) is 53.0 Å². The minimum Gasteiger partial charge on any atom is -0.491 e. The van der Waals surface area contributed by atoms with Crippen LogP contribution in [0.2, 0.25) is 0 Å². The minimum atomic E-state index is -0.396. The van der Waals surface area contributed by atoms with Crippen LogP contribution in [-0.2, 0) is 11.2 Å². The van der Waals surface area contributed by atoms with E-state index in [0.29, 0.717) is 32.7 Å². The fourth-order valence-electron chi connectivity index (χ4n) is 4.26. The molecule has 2 heterocycles. The third-order valence-corrected chi connectivity index (χ3v) is 6.98. The summed E-state index contributed by atoms with van der Waals surface area (Å²) in [5, 5.41) is 12.2. The van der Waals surface area contributed by atoms with Crippen LogP contribution < -0.4 is 4.74 Å². The molecule has 2 unspecified atom stereocenters. The third kappa shape index (κ3) is 6.09. The predicted octanol–water partition coefficient (Wildman–Crippen LogP) is 4.35. The maximum absolute atomic E-state index is 13.4. The van der Waals surface area contributed by atoms with E-state index in [4.69, 9.17) is 4.74 Å². The molecular formula is C25H36N2O3S. The molecule has 1 N–H and O–H groups in total. The molecule has 31 heavy (non-hydrogen) atoms. The quantitative estimate of drug-likeness (QED) is 0.592. The molecule has 0 saturated carbocycles. The van der Waals surface area contributed by atoms with Crippen molar-refractivity contribution in [1.82, 2.24) is 9.80 Å². The number of amides is 1. The van der Waals surface area contributed by atoms with E-state index in [2.05, 4.69) is 49.3 Å². The van der Waals surface area contributed by atoms with Crippen LogP contribution in [0, 0.1) is 13.8 Å². The van der Waals surface area contributed by atoms with Gasteiger partial charge in [0.1, 0.15) is 12.4 Å². The Balaban J connectivity index is 1.74. The Morgan fingerprint density at radius 1 is 1.32 bits per heavy atom. The van der Waals surface area contributed by atoms with Crippen LogP contribution in [0.25, 0.3) is 0 Å². The first kappa shape index (κ1) is 23.8. The van der Waals surface area contributed by atoms with Gasteiger partial charge in [-0.2, -0.15) is 0 Å². The number of aryl methyl sites for hydroxylation is 2. The summed E-state index contributed by atoms with van der Waals surface area (Å²) in [5.74, 6) is 0.988. The largest absolute Gasteiger partial charge is 0.491 e. The lowest BCUT2D eigenvalue weighted by Gasteiger charge is -2.37. The summed E-state index contributed by atoms with van der Waals surface area (Å²) in [6, 6.07) is 8.26. The molecular weight excluding hydrogens is 408 g/mol. The molecule has 5 nitrogen and oxygen atoms in total. The maximum Gasteiger partial charge on any atom is 0.237 e. The van der Waals surface area contributed by atoms with Crippen molar-refractivity contribution in [3.63, 3.8) is 0 Å². The highest BCUT2D eigenvalue weighted by Gasteiger charge is 2.33. The van der Waals surface area contributed by atoms with Gasteiger partial charge in [0.25, 0.3) is 0 Å². The van der Waals surface area contributed by atoms with Gasteiger partial charge < -0.3 is 14.7 Å². The van der Waals surface area contributed by atoms with E-state index < -0.39 is 6.10 Å². The number of hydrogen-bond donors (Lipinski definition) is 1. The minimum absolute atomic E-state index is 0.0808. The molecule has 6 heteroatoms. The molecule has 170 valence electrons. The normalized spacial score (nSPS) is 17.0. The van der Waals surface area contributed by atoms with Crippen LogP contribution in [0.15, 0.2) is 29.6 Å². The van der Waals surface area contributed by atoms with Crippen molar-refractivity contribution in [2.24, 2.45) is 0 Å². The zero-order valence-electron chi connectivity index (χ0n) is 19.3. The Morgan fingerprint density at radius 2 is 2.13 bits per heavy atom. The van der Waals surface area contributed by atoms with Crippen LogP contribution in [0.4, 0.5) is 0 Å². The lowest BCUT2D eigenvalue weighted by Crippen LogP contribution is -2.47. The summed E-state index contributed by atoms with van der Waals surface area (Å²) in [7, 11) is 0. The first-order valence-electron chi connectivity index (χ1n) is 11.4. The molecule has 2 aromatic rings. The number of ether oxygens (including phenoxy) is 1. The Morgan fingerprint density at radius 3 is 2.84 bits per heavy atom. The van der Waals surface area contributed by atoms with Gasteiger partial charge in [-0.05, 0) is 68.3 Å². The number of carbonyl (C=O) groups is 1. The number of carbonyl (C=O) groups excluding carboxylic acids is 1. The Hall–Kier alpha value is -1.89. The van der Waals surface area contributed by atoms with Gasteiger partial charge in [-0.25, -0.2) is 0 Å². The van der Waals surface area contributed by atoms with Gasteiger partial charge in [0.15, 0.2) is 0 Å². The molecule has 0 saturated heterocycles. The monoisotopic (exact) mass is 444 g/mol. The van der Waals surface area contributed by atoms with Gasteiger partial charge in [-0.15, -0.1) is 11.3 Å². The number of nitrogens with zero attached hydrogens (tertiary/aromatic N) is 2. The summed E-state index contributed by atoms with van der Waals surface area (Å²) in [6.07, 6.45) is 2.15. The molecule has 2 atom stereocenters. The van der Waals surface area contributed by atoms with Crippen LogP contribution in [0.5, 0.6) is 5.75 Å². The van der Waals surface area contributed by atoms with E-state index in [1.165, 1.54) is 16.0 Å². The highest BCUT2D eigenvalue weighted by atomic mass is 32.1. The number of aliphatic hydroxyl groups excluding tert-OH is 1. The molecule has 1 aromatic heterocycles. The van der Waals surface area contributed by atoms with Crippen LogP contribution in [0.1, 0.15) is 54.3 Å². The standard InChI is InChI=1S/C25H36N2O3S/c1-5-11-26(15-20(28)6-2)16-25(29)27-12-9-24-21(10-13-31-24)22(27)17-30-23-8-7-18(3)14-19(23)4/h7-8,10,13-14,20,22,28H,5-6,9,11-12,15-17H2,1-4H3. The van der Waals surface area contributed by atoms with Gasteiger partial charge in [0.05, 0.1) is 18.7 Å². The van der Waals surface area contributed by atoms with E-state index in [9.17, 15) is 9.90 Å². The zero-order chi connectivity index (χ0) is 22.4. The number of benzene rings is 1. The van der Waals surface area contributed by atoms with Gasteiger partial charge in [0.2, 0.25) is 5.91 Å². The first-order valence-corrected chi connectivity index (χ1v) is 12.3. The summed E-state index contributed by atoms with van der Waals surface area (Å²) in [5.41, 5.74) is 3.54. The SMILES string of the molecule is CCCN(CC(=O)N1CCc2sccc2C1COc1ccc(C)cc1C)CC(O)CC. The number of rotatable bonds is 10. The second-order valence-electron chi connectivity index (χ2n) is 8.53. The van der Waals surface area contributed by atoms with Crippen LogP contribution >= 0.6 is 11.3 Å². The second-order valence-corrected chi connectivity index (χ2v) is 9.53. The number of aliphatic hydroxyl groups is 1. The molecule has 1 aromatic carbocycles. The van der Waals surface area contributed by atoms with Crippen molar-refractivity contribution in [3.05, 3.63) is 51.2 Å². The smallest absolute Gasteiger partial charge is 0.237 e. The summed E-state index contributed by atoms with van der Waals surface area (Å²) >= 11 is 1.77. The Bertz CT molecular complexity index is 866. The molecule has 1 aliphatic rings. The lowest BCUT2D eigenvalue weighted by molar-refractivity contribution is -0.136. The molecule has 0 spiro atoms. The summed E-state index contributed by atoms with van der Waals surface area (Å²) in [4.78, 5) is 18.8. The van der Waals surface area contributed by atoms with Crippen molar-refractivity contribution in [2.45, 2.75) is 59.1 Å². The Labute approximate surface area is 190 Å². The molecule has 0 aliphatic carbocycles. The van der Waals surface area contributed by atoms with E-state index in [1.807, 2.05) is 17.9 Å². The van der Waals surface area contributed by atoms with E-state index in [0.717, 1.165) is 30.7 Å². The van der Waals surface area contributed by atoms with Gasteiger partial charge in [-0.1, -0.05) is 31.5 Å². The third-order valence-electron chi connectivity index (χ3n) is 5.98. The zero-order valence-corrected chi connectivity index (χ0v) is 20.1. The fraction of sp³-hybridized carbons (Fsp3) is 0.560. The summed E-state index contributed by atoms with van der Waals surface area (Å²) in [6.45, 7) is 11.1. The van der Waals surface area contributed by atoms with Crippen molar-refractivity contribution >= 4 is 17.2 Å². The van der Waals surface area contributed by atoms with Crippen LogP contribution in [-0.4, -0.2) is 59.7 Å². The van der Waals surface area contributed by atoms with Gasteiger partial charge in [0, 0.05) is 18.0 Å². The molecule has 1 amide bonds. The molecule has 3 rings (SSSR count). The van der Waals surface area contributed by atoms with E-state index >= 15 is 0 Å². The predicted molar refractivity (Wildman–Crippen MR) is 127 cm³/mol. The van der Waals surface area contributed by atoms with E-state index in [-0.39, 0.29) is 11.9 Å². The average Bonchev–Trinajstić information content (AvgIpc) is 3.22. The second kappa shape index (κ2) is 11.1. The van der Waals surface area contributed by atoms with Gasteiger partial charge in [-0.3, -0.25) is 9.69 Å². The van der Waals surface area contributed by atoms with Gasteiger partial charge >= 0.3 is 0 Å². The van der Waals surface area contributed by atoms with Crippen molar-refractivity contribution in [1.29, 1.82) is 0 Å². The molecule has 0 fully saturated rings. The Kier molecular flexibility index (Phi) is 8.52.